The Balaban J connectivity index is 0.00000140. The number of hydrogen-bond donors (Lipinski definition) is 2. The molecule has 2 unspecified atom stereocenters. The molecule has 2 heterocycles. The molecule has 0 aromatic heterocycles. The SMILES string of the molecule is CCCCCCCCCCCCCC(C)(C1CC(C)(C)N(C)C(C)(C)C1)C(C)(CCCCCCCCCCCCC)C1CC(C)(C)N(C)C(C)(C)C1.O=C(O)OC(=O)OC(=O)OC(=O)O. The highest BCUT2D eigenvalue weighted by Gasteiger charge is 2.59. The highest BCUT2D eigenvalue weighted by molar-refractivity contribution is 5.86. The van der Waals surface area contributed by atoms with Crippen LogP contribution >= 0.6 is 0 Å². The summed E-state index contributed by atoms with van der Waals surface area (Å²) in [4.78, 5) is 45.0. The number of carbonyl (C=O) groups excluding carboxylic acids is 2. The highest BCUT2D eigenvalue weighted by atomic mass is 16.9. The molecule has 2 aliphatic heterocycles. The summed E-state index contributed by atoms with van der Waals surface area (Å²) in [6, 6.07) is 0. The van der Waals surface area contributed by atoms with Crippen LogP contribution in [0.4, 0.5) is 19.2 Å². The van der Waals surface area contributed by atoms with Crippen LogP contribution in [0.25, 0.3) is 0 Å². The van der Waals surface area contributed by atoms with E-state index in [0.29, 0.717) is 10.8 Å². The van der Waals surface area contributed by atoms with E-state index in [1.54, 1.807) is 0 Å². The first-order valence-electron chi connectivity index (χ1n) is 26.3. The molecule has 2 rings (SSSR count). The molecule has 0 aromatic carbocycles. The highest BCUT2D eigenvalue weighted by Crippen LogP contribution is 2.64. The van der Waals surface area contributed by atoms with Crippen LogP contribution in [-0.4, -0.2) is 80.9 Å². The third kappa shape index (κ3) is 20.8. The lowest BCUT2D eigenvalue weighted by molar-refractivity contribution is -0.154. The maximum Gasteiger partial charge on any atom is 0.528 e. The Hall–Kier alpha value is -2.40. The molecule has 0 amide bonds. The lowest BCUT2D eigenvalue weighted by Gasteiger charge is -2.65. The number of piperidine rings is 2. The molecule has 0 saturated carbocycles. The average molecular weight is 923 g/mol. The maximum atomic E-state index is 10.1. The fraction of sp³-hybridized carbons (Fsp3) is 0.926. The fourth-order valence-corrected chi connectivity index (χ4v) is 12.1. The predicted molar refractivity (Wildman–Crippen MR) is 266 cm³/mol. The molecule has 0 spiro atoms. The third-order valence-electron chi connectivity index (χ3n) is 16.8. The van der Waals surface area contributed by atoms with Crippen molar-refractivity contribution >= 4 is 24.6 Å². The van der Waals surface area contributed by atoms with E-state index in [1.807, 2.05) is 0 Å². The topological polar surface area (TPSA) is 143 Å². The third-order valence-corrected chi connectivity index (χ3v) is 16.8. The zero-order valence-corrected chi connectivity index (χ0v) is 44.6. The van der Waals surface area contributed by atoms with Crippen LogP contribution in [0.3, 0.4) is 0 Å². The van der Waals surface area contributed by atoms with Gasteiger partial charge in [-0.1, -0.05) is 169 Å². The van der Waals surface area contributed by atoms with Gasteiger partial charge in [-0.3, -0.25) is 9.80 Å². The number of likely N-dealkylation sites (tertiary alicyclic amines) is 2. The van der Waals surface area contributed by atoms with Crippen LogP contribution in [-0.2, 0) is 14.2 Å². The molecular weight excluding hydrogens is 821 g/mol. The standard InChI is InChI=1S/C50H100N2.C4H2O9/c1-15-17-19-21-23-25-27-29-31-33-35-37-49(11,43-39-45(3,4)51(13)46(5,6)40-43)50(12,44-41-47(7,8)52(14)48(9,10)42-44)38-36-34-32-30-28-26-24-22-20-18-16-2;5-1(6)11-3(9)13-4(10)12-2(7)8/h43-44H,15-42H2,1-14H3;(H,5,6)(H,7,8). The molecule has 2 aliphatic rings. The van der Waals surface area contributed by atoms with E-state index in [4.69, 9.17) is 10.2 Å². The zero-order chi connectivity index (χ0) is 49.5. The minimum atomic E-state index is -2.01. The second-order valence-electron chi connectivity index (χ2n) is 23.3. The van der Waals surface area contributed by atoms with Crippen molar-refractivity contribution in [1.82, 2.24) is 9.80 Å². The van der Waals surface area contributed by atoms with E-state index in [2.05, 4.69) is 121 Å². The van der Waals surface area contributed by atoms with Gasteiger partial charge in [0.15, 0.2) is 0 Å². The van der Waals surface area contributed by atoms with E-state index in [1.165, 1.54) is 180 Å². The number of nitrogens with zero attached hydrogens (tertiary/aromatic N) is 2. The molecule has 11 nitrogen and oxygen atoms in total. The van der Waals surface area contributed by atoms with Gasteiger partial charge in [-0.2, -0.15) is 0 Å². The number of hydrogen-bond acceptors (Lipinski definition) is 9. The summed E-state index contributed by atoms with van der Waals surface area (Å²) in [5, 5.41) is 15.6. The second-order valence-corrected chi connectivity index (χ2v) is 23.3. The molecule has 65 heavy (non-hydrogen) atoms. The van der Waals surface area contributed by atoms with Gasteiger partial charge in [0, 0.05) is 22.2 Å². The van der Waals surface area contributed by atoms with Crippen molar-refractivity contribution in [3.8, 4) is 0 Å². The van der Waals surface area contributed by atoms with E-state index >= 15 is 0 Å². The number of carbonyl (C=O) groups is 4. The Morgan fingerprint density at radius 1 is 0.431 bits per heavy atom. The summed E-state index contributed by atoms with van der Waals surface area (Å²) in [7, 11) is 4.84. The summed E-state index contributed by atoms with van der Waals surface area (Å²) in [6.45, 7) is 30.9. The number of carboxylic acid groups (broad SMARTS) is 2. The largest absolute Gasteiger partial charge is 0.528 e. The number of rotatable bonds is 27. The summed E-state index contributed by atoms with van der Waals surface area (Å²) in [6.07, 6.45) is 32.0. The molecule has 0 bridgehead atoms. The summed E-state index contributed by atoms with van der Waals surface area (Å²) < 4.78 is 9.92. The summed E-state index contributed by atoms with van der Waals surface area (Å²) >= 11 is 0. The van der Waals surface area contributed by atoms with Crippen LogP contribution < -0.4 is 0 Å². The smallest absolute Gasteiger partial charge is 0.449 e. The molecule has 2 N–H and O–H groups in total. The summed E-state index contributed by atoms with van der Waals surface area (Å²) in [5.74, 6) is 1.53. The molecule has 2 atom stereocenters. The molecule has 0 aliphatic carbocycles. The Morgan fingerprint density at radius 2 is 0.646 bits per heavy atom. The van der Waals surface area contributed by atoms with Gasteiger partial charge in [-0.05, 0) is 131 Å². The molecule has 2 fully saturated rings. The van der Waals surface area contributed by atoms with Gasteiger partial charge in [-0.15, -0.1) is 0 Å². The first kappa shape index (κ1) is 60.6. The van der Waals surface area contributed by atoms with Crippen molar-refractivity contribution in [3.63, 3.8) is 0 Å². The van der Waals surface area contributed by atoms with Gasteiger partial charge in [0.2, 0.25) is 0 Å². The van der Waals surface area contributed by atoms with E-state index < -0.39 is 24.6 Å². The van der Waals surface area contributed by atoms with E-state index in [9.17, 15) is 19.2 Å². The van der Waals surface area contributed by atoms with Crippen molar-refractivity contribution < 1.29 is 43.6 Å². The Morgan fingerprint density at radius 3 is 0.862 bits per heavy atom. The summed E-state index contributed by atoms with van der Waals surface area (Å²) in [5.41, 5.74) is 1.60. The average Bonchev–Trinajstić information content (AvgIpc) is 3.18. The molecule has 11 heteroatoms. The minimum Gasteiger partial charge on any atom is -0.449 e. The van der Waals surface area contributed by atoms with Crippen LogP contribution in [0, 0.1) is 22.7 Å². The molecule has 0 aromatic rings. The van der Waals surface area contributed by atoms with Gasteiger partial charge in [0.1, 0.15) is 0 Å². The molecular formula is C54H102N2O9. The van der Waals surface area contributed by atoms with Gasteiger partial charge < -0.3 is 24.4 Å². The fourth-order valence-electron chi connectivity index (χ4n) is 12.1. The Kier molecular flexibility index (Phi) is 26.9. The maximum absolute atomic E-state index is 10.1. The van der Waals surface area contributed by atoms with Crippen molar-refractivity contribution in [2.24, 2.45) is 22.7 Å². The molecule has 0 radical (unpaired) electrons. The quantitative estimate of drug-likeness (QED) is 0.0462. The van der Waals surface area contributed by atoms with Crippen LogP contribution in [0.2, 0.25) is 0 Å². The van der Waals surface area contributed by atoms with Crippen molar-refractivity contribution in [3.05, 3.63) is 0 Å². The van der Waals surface area contributed by atoms with Gasteiger partial charge in [0.05, 0.1) is 0 Å². The number of ether oxygens (including phenoxy) is 3. The predicted octanol–water partition coefficient (Wildman–Crippen LogP) is 16.8. The Labute approximate surface area is 398 Å². The van der Waals surface area contributed by atoms with E-state index in [0.717, 1.165) is 11.8 Å². The normalized spacial score (nSPS) is 20.4. The molecule has 382 valence electrons. The van der Waals surface area contributed by atoms with Gasteiger partial charge >= 0.3 is 24.6 Å². The van der Waals surface area contributed by atoms with Gasteiger partial charge in [-0.25, -0.2) is 19.2 Å². The van der Waals surface area contributed by atoms with E-state index in [-0.39, 0.29) is 22.2 Å². The monoisotopic (exact) mass is 923 g/mol. The zero-order valence-electron chi connectivity index (χ0n) is 44.6. The first-order chi connectivity index (χ1) is 30.2. The van der Waals surface area contributed by atoms with Crippen molar-refractivity contribution in [2.75, 3.05) is 14.1 Å². The van der Waals surface area contributed by atoms with Crippen LogP contribution in [0.15, 0.2) is 0 Å². The minimum absolute atomic E-state index is 0.230. The second kappa shape index (κ2) is 28.8. The lowest BCUT2D eigenvalue weighted by atomic mass is 9.45. The Bertz CT molecular complexity index is 1260. The molecule has 2 saturated heterocycles. The van der Waals surface area contributed by atoms with Crippen molar-refractivity contribution in [1.29, 1.82) is 0 Å². The van der Waals surface area contributed by atoms with Crippen LogP contribution in [0.5, 0.6) is 0 Å². The van der Waals surface area contributed by atoms with Crippen LogP contribution in [0.1, 0.15) is 263 Å². The van der Waals surface area contributed by atoms with Gasteiger partial charge in [0.25, 0.3) is 0 Å². The number of unbranched alkanes of at least 4 members (excludes halogenated alkanes) is 20. The lowest BCUT2D eigenvalue weighted by Crippen LogP contribution is -2.65. The van der Waals surface area contributed by atoms with Crippen molar-refractivity contribution in [2.45, 2.75) is 285 Å². The first-order valence-corrected chi connectivity index (χ1v) is 26.3.